The number of carbonyl (C=O) groups is 1. The summed E-state index contributed by atoms with van der Waals surface area (Å²) in [7, 11) is 4.31. The van der Waals surface area contributed by atoms with E-state index >= 15 is 0 Å². The molecule has 1 rings (SSSR count). The third kappa shape index (κ3) is 2.43. The van der Waals surface area contributed by atoms with Crippen LogP contribution in [-0.4, -0.2) is 32.4 Å². The fraction of sp³-hybridized carbons (Fsp3) is 0.364. The average Bonchev–Trinajstić information content (AvgIpc) is 2.29. The summed E-state index contributed by atoms with van der Waals surface area (Å²) in [6.07, 6.45) is -1.06. The zero-order chi connectivity index (χ0) is 12.1. The van der Waals surface area contributed by atoms with Crippen molar-refractivity contribution < 1.29 is 24.1 Å². The molecule has 0 fully saturated rings. The van der Waals surface area contributed by atoms with Gasteiger partial charge in [-0.2, -0.15) is 0 Å². The molecular formula is C11H14O5. The standard InChI is InChI=1S/C11H14O5/c1-14-7-4-5-9(15-2)8(6-7)10(16-3)11(12)13/h4-6,10H,1-3H3,(H,12,13). The van der Waals surface area contributed by atoms with E-state index < -0.39 is 12.1 Å². The quantitative estimate of drug-likeness (QED) is 0.823. The number of hydrogen-bond donors (Lipinski definition) is 1. The molecule has 0 amide bonds. The zero-order valence-corrected chi connectivity index (χ0v) is 9.39. The first-order valence-electron chi connectivity index (χ1n) is 4.61. The summed E-state index contributed by atoms with van der Waals surface area (Å²) in [6.45, 7) is 0. The van der Waals surface area contributed by atoms with Crippen molar-refractivity contribution in [3.8, 4) is 11.5 Å². The third-order valence-electron chi connectivity index (χ3n) is 2.18. The van der Waals surface area contributed by atoms with Crippen LogP contribution >= 0.6 is 0 Å². The van der Waals surface area contributed by atoms with Crippen molar-refractivity contribution in [2.75, 3.05) is 21.3 Å². The molecule has 0 aliphatic carbocycles. The van der Waals surface area contributed by atoms with Gasteiger partial charge in [-0.1, -0.05) is 0 Å². The third-order valence-corrected chi connectivity index (χ3v) is 2.18. The van der Waals surface area contributed by atoms with Crippen LogP contribution in [-0.2, 0) is 9.53 Å². The topological polar surface area (TPSA) is 65.0 Å². The second kappa shape index (κ2) is 5.37. The van der Waals surface area contributed by atoms with E-state index in [0.29, 0.717) is 17.1 Å². The predicted octanol–water partition coefficient (Wildman–Crippen LogP) is 1.48. The van der Waals surface area contributed by atoms with Gasteiger partial charge in [-0.3, -0.25) is 0 Å². The lowest BCUT2D eigenvalue weighted by Crippen LogP contribution is -2.14. The smallest absolute Gasteiger partial charge is 0.337 e. The predicted molar refractivity (Wildman–Crippen MR) is 56.9 cm³/mol. The summed E-state index contributed by atoms with van der Waals surface area (Å²) in [4.78, 5) is 11.0. The molecule has 1 aromatic rings. The normalized spacial score (nSPS) is 11.9. The van der Waals surface area contributed by atoms with Gasteiger partial charge in [0.05, 0.1) is 14.2 Å². The van der Waals surface area contributed by atoms with Gasteiger partial charge in [0.1, 0.15) is 11.5 Å². The van der Waals surface area contributed by atoms with Crippen LogP contribution in [0.2, 0.25) is 0 Å². The monoisotopic (exact) mass is 226 g/mol. The van der Waals surface area contributed by atoms with E-state index in [1.165, 1.54) is 21.3 Å². The van der Waals surface area contributed by atoms with Gasteiger partial charge >= 0.3 is 5.97 Å². The SMILES string of the molecule is COc1ccc(OC)c(C(OC)C(=O)O)c1. The largest absolute Gasteiger partial charge is 0.497 e. The molecule has 0 spiro atoms. The molecule has 0 bridgehead atoms. The summed E-state index contributed by atoms with van der Waals surface area (Å²) in [5, 5.41) is 8.99. The molecule has 5 heteroatoms. The van der Waals surface area contributed by atoms with E-state index in [4.69, 9.17) is 19.3 Å². The number of rotatable bonds is 5. The highest BCUT2D eigenvalue weighted by molar-refractivity contribution is 5.75. The van der Waals surface area contributed by atoms with E-state index in [2.05, 4.69) is 0 Å². The van der Waals surface area contributed by atoms with E-state index in [1.807, 2.05) is 0 Å². The number of methoxy groups -OCH3 is 3. The zero-order valence-electron chi connectivity index (χ0n) is 9.39. The second-order valence-corrected chi connectivity index (χ2v) is 3.06. The van der Waals surface area contributed by atoms with Crippen LogP contribution in [0.4, 0.5) is 0 Å². The van der Waals surface area contributed by atoms with Gasteiger partial charge in [-0.25, -0.2) is 4.79 Å². The van der Waals surface area contributed by atoms with Crippen LogP contribution in [0, 0.1) is 0 Å². The van der Waals surface area contributed by atoms with E-state index in [0.717, 1.165) is 0 Å². The van der Waals surface area contributed by atoms with Gasteiger partial charge in [0.2, 0.25) is 0 Å². The molecule has 0 aliphatic rings. The molecule has 0 saturated heterocycles. The second-order valence-electron chi connectivity index (χ2n) is 3.06. The highest BCUT2D eigenvalue weighted by atomic mass is 16.5. The Labute approximate surface area is 93.6 Å². The van der Waals surface area contributed by atoms with Crippen LogP contribution in [0.3, 0.4) is 0 Å². The highest BCUT2D eigenvalue weighted by Gasteiger charge is 2.23. The Morgan fingerprint density at radius 1 is 1.25 bits per heavy atom. The van der Waals surface area contributed by atoms with Gasteiger partial charge in [0, 0.05) is 12.7 Å². The molecule has 16 heavy (non-hydrogen) atoms. The summed E-state index contributed by atoms with van der Waals surface area (Å²) in [5.41, 5.74) is 0.428. The van der Waals surface area contributed by atoms with Crippen molar-refractivity contribution in [1.82, 2.24) is 0 Å². The van der Waals surface area contributed by atoms with Crippen LogP contribution in [0.5, 0.6) is 11.5 Å². The van der Waals surface area contributed by atoms with Crippen molar-refractivity contribution in [3.63, 3.8) is 0 Å². The molecule has 0 aromatic heterocycles. The molecule has 1 atom stereocenters. The van der Waals surface area contributed by atoms with Crippen molar-refractivity contribution in [2.24, 2.45) is 0 Å². The molecule has 0 radical (unpaired) electrons. The minimum absolute atomic E-state index is 0.428. The maximum absolute atomic E-state index is 11.0. The minimum Gasteiger partial charge on any atom is -0.497 e. The molecule has 1 N–H and O–H groups in total. The van der Waals surface area contributed by atoms with Gasteiger partial charge in [-0.05, 0) is 18.2 Å². The molecule has 0 heterocycles. The van der Waals surface area contributed by atoms with Gasteiger partial charge in [0.25, 0.3) is 0 Å². The first kappa shape index (κ1) is 12.3. The first-order chi connectivity index (χ1) is 7.63. The number of benzene rings is 1. The first-order valence-corrected chi connectivity index (χ1v) is 4.61. The lowest BCUT2D eigenvalue weighted by molar-refractivity contribution is -0.149. The fourth-order valence-corrected chi connectivity index (χ4v) is 1.41. The van der Waals surface area contributed by atoms with Crippen molar-refractivity contribution in [1.29, 1.82) is 0 Å². The Kier molecular flexibility index (Phi) is 4.13. The maximum atomic E-state index is 11.0. The Balaban J connectivity index is 3.21. The van der Waals surface area contributed by atoms with Gasteiger partial charge in [0.15, 0.2) is 6.10 Å². The Morgan fingerprint density at radius 3 is 2.38 bits per heavy atom. The summed E-state index contributed by atoms with van der Waals surface area (Å²) in [6, 6.07) is 4.92. The minimum atomic E-state index is -1.07. The van der Waals surface area contributed by atoms with Crippen LogP contribution in [0.15, 0.2) is 18.2 Å². The molecule has 5 nitrogen and oxygen atoms in total. The van der Waals surface area contributed by atoms with E-state index in [-0.39, 0.29) is 0 Å². The maximum Gasteiger partial charge on any atom is 0.337 e. The van der Waals surface area contributed by atoms with Gasteiger partial charge in [-0.15, -0.1) is 0 Å². The molecule has 0 saturated carbocycles. The molecule has 88 valence electrons. The number of hydrogen-bond acceptors (Lipinski definition) is 4. The summed E-state index contributed by atoms with van der Waals surface area (Å²) < 4.78 is 15.0. The van der Waals surface area contributed by atoms with Crippen LogP contribution < -0.4 is 9.47 Å². The lowest BCUT2D eigenvalue weighted by atomic mass is 10.1. The summed E-state index contributed by atoms with van der Waals surface area (Å²) >= 11 is 0. The van der Waals surface area contributed by atoms with Gasteiger partial charge < -0.3 is 19.3 Å². The van der Waals surface area contributed by atoms with Crippen molar-refractivity contribution >= 4 is 5.97 Å². The fourth-order valence-electron chi connectivity index (χ4n) is 1.41. The Morgan fingerprint density at radius 2 is 1.94 bits per heavy atom. The molecule has 0 aliphatic heterocycles. The highest BCUT2D eigenvalue weighted by Crippen LogP contribution is 2.31. The van der Waals surface area contributed by atoms with E-state index in [9.17, 15) is 4.79 Å². The van der Waals surface area contributed by atoms with Crippen molar-refractivity contribution in [2.45, 2.75) is 6.10 Å². The summed E-state index contributed by atoms with van der Waals surface area (Å²) in [5.74, 6) is -0.0665. The van der Waals surface area contributed by atoms with Crippen molar-refractivity contribution in [3.05, 3.63) is 23.8 Å². The van der Waals surface area contributed by atoms with Crippen LogP contribution in [0.1, 0.15) is 11.7 Å². The number of ether oxygens (including phenoxy) is 3. The number of carboxylic acid groups (broad SMARTS) is 1. The molecular weight excluding hydrogens is 212 g/mol. The number of aliphatic carboxylic acids is 1. The average molecular weight is 226 g/mol. The number of carboxylic acids is 1. The van der Waals surface area contributed by atoms with Crippen LogP contribution in [0.25, 0.3) is 0 Å². The lowest BCUT2D eigenvalue weighted by Gasteiger charge is -2.15. The Bertz CT molecular complexity index is 375. The molecule has 1 aromatic carbocycles. The Hall–Kier alpha value is -1.75. The molecule has 1 unspecified atom stereocenters. The van der Waals surface area contributed by atoms with E-state index in [1.54, 1.807) is 18.2 Å².